The SMILES string of the molecule is CS(=O)(=O)NCC(=O)N1CCC[C@H](c2nccs2)C1. The van der Waals surface area contributed by atoms with Crippen LogP contribution in [0.1, 0.15) is 23.8 Å². The number of carbonyl (C=O) groups is 1. The van der Waals surface area contributed by atoms with E-state index in [9.17, 15) is 13.2 Å². The number of rotatable bonds is 4. The summed E-state index contributed by atoms with van der Waals surface area (Å²) in [6.45, 7) is 1.15. The van der Waals surface area contributed by atoms with Crippen molar-refractivity contribution in [3.63, 3.8) is 0 Å². The van der Waals surface area contributed by atoms with Gasteiger partial charge in [-0.3, -0.25) is 4.79 Å². The summed E-state index contributed by atoms with van der Waals surface area (Å²) in [5, 5.41) is 2.98. The molecule has 0 bridgehead atoms. The number of aromatic nitrogens is 1. The second-order valence-electron chi connectivity index (χ2n) is 4.64. The van der Waals surface area contributed by atoms with Gasteiger partial charge in [0.25, 0.3) is 0 Å². The normalized spacial score (nSPS) is 20.5. The number of nitrogens with one attached hydrogen (secondary N) is 1. The second kappa shape index (κ2) is 5.98. The van der Waals surface area contributed by atoms with Gasteiger partial charge in [0.05, 0.1) is 17.8 Å². The van der Waals surface area contributed by atoms with E-state index >= 15 is 0 Å². The molecule has 1 aliphatic heterocycles. The third kappa shape index (κ3) is 4.26. The summed E-state index contributed by atoms with van der Waals surface area (Å²) in [6.07, 6.45) is 4.77. The summed E-state index contributed by atoms with van der Waals surface area (Å²) in [5.74, 6) is 0.0996. The second-order valence-corrected chi connectivity index (χ2v) is 7.40. The van der Waals surface area contributed by atoms with E-state index in [0.717, 1.165) is 24.1 Å². The molecule has 0 unspecified atom stereocenters. The fourth-order valence-electron chi connectivity index (χ4n) is 2.15. The lowest BCUT2D eigenvalue weighted by molar-refractivity contribution is -0.131. The summed E-state index contributed by atoms with van der Waals surface area (Å²) in [4.78, 5) is 17.9. The van der Waals surface area contributed by atoms with Gasteiger partial charge < -0.3 is 4.90 Å². The lowest BCUT2D eigenvalue weighted by Crippen LogP contribution is -2.44. The molecule has 0 aliphatic carbocycles. The molecular weight excluding hydrogens is 286 g/mol. The van der Waals surface area contributed by atoms with Crippen LogP contribution in [0.4, 0.5) is 0 Å². The van der Waals surface area contributed by atoms with Gasteiger partial charge in [-0.05, 0) is 12.8 Å². The van der Waals surface area contributed by atoms with Gasteiger partial charge in [0.15, 0.2) is 0 Å². The van der Waals surface area contributed by atoms with Crippen molar-refractivity contribution in [3.8, 4) is 0 Å². The van der Waals surface area contributed by atoms with E-state index in [0.29, 0.717) is 13.1 Å². The van der Waals surface area contributed by atoms with Gasteiger partial charge in [-0.2, -0.15) is 0 Å². The van der Waals surface area contributed by atoms with Crippen LogP contribution in [0.2, 0.25) is 0 Å². The van der Waals surface area contributed by atoms with Crippen LogP contribution in [0.3, 0.4) is 0 Å². The van der Waals surface area contributed by atoms with Gasteiger partial charge in [-0.15, -0.1) is 11.3 Å². The molecule has 106 valence electrons. The Kier molecular flexibility index (Phi) is 4.54. The fourth-order valence-corrected chi connectivity index (χ4v) is 3.30. The molecule has 19 heavy (non-hydrogen) atoms. The number of hydrogen-bond donors (Lipinski definition) is 1. The molecule has 0 saturated carbocycles. The number of amides is 1. The first kappa shape index (κ1) is 14.4. The summed E-state index contributed by atoms with van der Waals surface area (Å²) in [6, 6.07) is 0. The average Bonchev–Trinajstić information content (AvgIpc) is 2.89. The number of thiazole rings is 1. The topological polar surface area (TPSA) is 79.4 Å². The molecule has 1 N–H and O–H groups in total. The van der Waals surface area contributed by atoms with E-state index in [4.69, 9.17) is 0 Å². The van der Waals surface area contributed by atoms with E-state index in [1.165, 1.54) is 0 Å². The predicted molar refractivity (Wildman–Crippen MR) is 73.5 cm³/mol. The Hall–Kier alpha value is -0.990. The van der Waals surface area contributed by atoms with Gasteiger partial charge in [-0.1, -0.05) is 0 Å². The fraction of sp³-hybridized carbons (Fsp3) is 0.636. The summed E-state index contributed by atoms with van der Waals surface area (Å²) in [5.41, 5.74) is 0. The van der Waals surface area contributed by atoms with E-state index in [1.807, 2.05) is 5.38 Å². The maximum atomic E-state index is 11.9. The quantitative estimate of drug-likeness (QED) is 0.873. The zero-order chi connectivity index (χ0) is 13.9. The minimum atomic E-state index is -3.32. The molecule has 0 radical (unpaired) electrons. The van der Waals surface area contributed by atoms with Gasteiger partial charge in [0.1, 0.15) is 0 Å². The number of sulfonamides is 1. The molecule has 1 aliphatic rings. The van der Waals surface area contributed by atoms with Crippen molar-refractivity contribution in [1.82, 2.24) is 14.6 Å². The highest BCUT2D eigenvalue weighted by Crippen LogP contribution is 2.28. The highest BCUT2D eigenvalue weighted by molar-refractivity contribution is 7.88. The summed E-state index contributed by atoms with van der Waals surface area (Å²) < 4.78 is 24.2. The van der Waals surface area contributed by atoms with Crippen LogP contribution in [0, 0.1) is 0 Å². The van der Waals surface area contributed by atoms with Crippen LogP contribution in [0.5, 0.6) is 0 Å². The van der Waals surface area contributed by atoms with Gasteiger partial charge in [0, 0.05) is 30.6 Å². The van der Waals surface area contributed by atoms with Crippen molar-refractivity contribution in [2.45, 2.75) is 18.8 Å². The molecule has 0 aromatic carbocycles. The van der Waals surface area contributed by atoms with E-state index in [2.05, 4.69) is 9.71 Å². The first-order valence-corrected chi connectivity index (χ1v) is 8.84. The molecule has 1 fully saturated rings. The van der Waals surface area contributed by atoms with Gasteiger partial charge in [-0.25, -0.2) is 18.1 Å². The van der Waals surface area contributed by atoms with Crippen molar-refractivity contribution in [2.24, 2.45) is 0 Å². The summed E-state index contributed by atoms with van der Waals surface area (Å²) >= 11 is 1.60. The molecule has 1 saturated heterocycles. The van der Waals surface area contributed by atoms with Crippen LogP contribution >= 0.6 is 11.3 Å². The molecular formula is C11H17N3O3S2. The molecule has 1 amide bonds. The minimum Gasteiger partial charge on any atom is -0.341 e. The Morgan fingerprint density at radius 1 is 1.63 bits per heavy atom. The van der Waals surface area contributed by atoms with Crippen LogP contribution in [0.25, 0.3) is 0 Å². The molecule has 2 rings (SSSR count). The first-order valence-electron chi connectivity index (χ1n) is 6.07. The summed E-state index contributed by atoms with van der Waals surface area (Å²) in [7, 11) is -3.32. The third-order valence-corrected chi connectivity index (χ3v) is 4.67. The average molecular weight is 303 g/mol. The third-order valence-electron chi connectivity index (χ3n) is 3.06. The van der Waals surface area contributed by atoms with Crippen LogP contribution in [-0.4, -0.2) is 50.1 Å². The van der Waals surface area contributed by atoms with Crippen molar-refractivity contribution >= 4 is 27.3 Å². The maximum absolute atomic E-state index is 11.9. The Balaban J connectivity index is 1.92. The van der Waals surface area contributed by atoms with Gasteiger partial charge >= 0.3 is 0 Å². The van der Waals surface area contributed by atoms with Crippen molar-refractivity contribution in [3.05, 3.63) is 16.6 Å². The Labute approximate surface area is 116 Å². The monoisotopic (exact) mass is 303 g/mol. The molecule has 1 aromatic heterocycles. The molecule has 8 heteroatoms. The van der Waals surface area contributed by atoms with Crippen molar-refractivity contribution < 1.29 is 13.2 Å². The van der Waals surface area contributed by atoms with Crippen LogP contribution < -0.4 is 4.72 Å². The molecule has 1 atom stereocenters. The van der Waals surface area contributed by atoms with Crippen molar-refractivity contribution in [1.29, 1.82) is 0 Å². The maximum Gasteiger partial charge on any atom is 0.237 e. The predicted octanol–water partition coefficient (Wildman–Crippen LogP) is 0.398. The number of carbonyl (C=O) groups excluding carboxylic acids is 1. The Morgan fingerprint density at radius 2 is 2.42 bits per heavy atom. The minimum absolute atomic E-state index is 0.163. The Bertz CT molecular complexity index is 527. The zero-order valence-electron chi connectivity index (χ0n) is 10.7. The molecule has 0 spiro atoms. The zero-order valence-corrected chi connectivity index (χ0v) is 12.3. The standard InChI is InChI=1S/C11H17N3O3S2/c1-19(16,17)13-7-10(15)14-5-2-3-9(8-14)11-12-4-6-18-11/h4,6,9,13H,2-3,5,7-8H2,1H3/t9-/m0/s1. The first-order chi connectivity index (χ1) is 8.96. The van der Waals surface area contributed by atoms with E-state index in [1.54, 1.807) is 22.4 Å². The lowest BCUT2D eigenvalue weighted by atomic mass is 9.99. The largest absolute Gasteiger partial charge is 0.341 e. The molecule has 1 aromatic rings. The van der Waals surface area contributed by atoms with Crippen LogP contribution in [-0.2, 0) is 14.8 Å². The Morgan fingerprint density at radius 3 is 3.05 bits per heavy atom. The van der Waals surface area contributed by atoms with E-state index < -0.39 is 10.0 Å². The molecule has 6 nitrogen and oxygen atoms in total. The van der Waals surface area contributed by atoms with E-state index in [-0.39, 0.29) is 18.4 Å². The number of piperidine rings is 1. The number of hydrogen-bond acceptors (Lipinski definition) is 5. The smallest absolute Gasteiger partial charge is 0.237 e. The molecule has 2 heterocycles. The lowest BCUT2D eigenvalue weighted by Gasteiger charge is -2.31. The van der Waals surface area contributed by atoms with Crippen molar-refractivity contribution in [2.75, 3.05) is 25.9 Å². The highest BCUT2D eigenvalue weighted by atomic mass is 32.2. The number of likely N-dealkylation sites (tertiary alicyclic amines) is 1. The van der Waals surface area contributed by atoms with Crippen LogP contribution in [0.15, 0.2) is 11.6 Å². The van der Waals surface area contributed by atoms with Gasteiger partial charge in [0.2, 0.25) is 15.9 Å². The highest BCUT2D eigenvalue weighted by Gasteiger charge is 2.26. The number of nitrogens with zero attached hydrogens (tertiary/aromatic N) is 2.